The summed E-state index contributed by atoms with van der Waals surface area (Å²) < 4.78 is 5.64. The zero-order chi connectivity index (χ0) is 14.1. The van der Waals surface area contributed by atoms with E-state index in [2.05, 4.69) is 10.6 Å². The molecule has 1 aliphatic rings. The van der Waals surface area contributed by atoms with Crippen LogP contribution in [0.25, 0.3) is 0 Å². The summed E-state index contributed by atoms with van der Waals surface area (Å²) in [7, 11) is 3.41. The molecule has 1 heterocycles. The Hall–Kier alpha value is -1.14. The monoisotopic (exact) mass is 271 g/mol. The van der Waals surface area contributed by atoms with Crippen molar-refractivity contribution in [3.8, 4) is 0 Å². The Labute approximate surface area is 114 Å². The first-order valence-electron chi connectivity index (χ1n) is 6.88. The summed E-state index contributed by atoms with van der Waals surface area (Å²) in [5.74, 6) is -0.0354. The van der Waals surface area contributed by atoms with Gasteiger partial charge < -0.3 is 20.3 Å². The minimum atomic E-state index is -0.0551. The van der Waals surface area contributed by atoms with Crippen molar-refractivity contribution in [2.75, 3.05) is 40.3 Å². The van der Waals surface area contributed by atoms with Crippen molar-refractivity contribution in [2.24, 2.45) is 0 Å². The number of carbonyl (C=O) groups excluding carboxylic acids is 2. The maximum absolute atomic E-state index is 11.5. The molecule has 19 heavy (non-hydrogen) atoms. The van der Waals surface area contributed by atoms with E-state index >= 15 is 0 Å². The van der Waals surface area contributed by atoms with E-state index in [1.807, 2.05) is 0 Å². The van der Waals surface area contributed by atoms with E-state index in [1.165, 1.54) is 4.90 Å². The molecule has 0 atom stereocenters. The van der Waals surface area contributed by atoms with Crippen molar-refractivity contribution in [2.45, 2.75) is 31.8 Å². The normalized spacial score (nSPS) is 16.1. The average molecular weight is 271 g/mol. The van der Waals surface area contributed by atoms with E-state index in [0.29, 0.717) is 26.0 Å². The first-order valence-corrected chi connectivity index (χ1v) is 6.88. The van der Waals surface area contributed by atoms with Crippen molar-refractivity contribution >= 4 is 11.8 Å². The fourth-order valence-electron chi connectivity index (χ4n) is 1.90. The molecule has 1 saturated heterocycles. The van der Waals surface area contributed by atoms with Gasteiger partial charge in [0.2, 0.25) is 11.8 Å². The summed E-state index contributed by atoms with van der Waals surface area (Å²) in [6.07, 6.45) is 3.01. The second-order valence-electron chi connectivity index (χ2n) is 4.96. The van der Waals surface area contributed by atoms with Gasteiger partial charge in [0.15, 0.2) is 0 Å². The molecule has 0 saturated carbocycles. The van der Waals surface area contributed by atoms with Gasteiger partial charge in [0.1, 0.15) is 0 Å². The van der Waals surface area contributed by atoms with Crippen molar-refractivity contribution in [1.29, 1.82) is 0 Å². The van der Waals surface area contributed by atoms with Crippen molar-refractivity contribution in [1.82, 2.24) is 15.5 Å². The van der Waals surface area contributed by atoms with Crippen LogP contribution in [0.5, 0.6) is 0 Å². The second kappa shape index (κ2) is 8.87. The van der Waals surface area contributed by atoms with Gasteiger partial charge in [0.05, 0.1) is 12.7 Å². The van der Waals surface area contributed by atoms with Crippen molar-refractivity contribution < 1.29 is 14.3 Å². The van der Waals surface area contributed by atoms with Gasteiger partial charge >= 0.3 is 0 Å². The van der Waals surface area contributed by atoms with Gasteiger partial charge in [-0.2, -0.15) is 0 Å². The second-order valence-corrected chi connectivity index (χ2v) is 4.96. The van der Waals surface area contributed by atoms with E-state index in [9.17, 15) is 9.59 Å². The summed E-state index contributed by atoms with van der Waals surface area (Å²) in [4.78, 5) is 24.3. The molecule has 0 aromatic rings. The van der Waals surface area contributed by atoms with Gasteiger partial charge in [0.25, 0.3) is 0 Å². The van der Waals surface area contributed by atoms with Crippen molar-refractivity contribution in [3.05, 3.63) is 0 Å². The lowest BCUT2D eigenvalue weighted by molar-refractivity contribution is -0.128. The van der Waals surface area contributed by atoms with Crippen LogP contribution in [0.4, 0.5) is 0 Å². The molecule has 110 valence electrons. The molecular weight excluding hydrogens is 246 g/mol. The van der Waals surface area contributed by atoms with Crippen LogP contribution in [0.3, 0.4) is 0 Å². The first-order chi connectivity index (χ1) is 9.09. The molecule has 2 amide bonds. The number of amides is 2. The highest BCUT2D eigenvalue weighted by Gasteiger charge is 2.13. The number of hydrogen-bond acceptors (Lipinski definition) is 4. The number of ether oxygens (including phenoxy) is 1. The Morgan fingerprint density at radius 3 is 2.58 bits per heavy atom. The maximum Gasteiger partial charge on any atom is 0.223 e. The summed E-state index contributed by atoms with van der Waals surface area (Å²) in [6, 6.07) is 0. The highest BCUT2D eigenvalue weighted by molar-refractivity contribution is 5.78. The Morgan fingerprint density at radius 2 is 1.95 bits per heavy atom. The van der Waals surface area contributed by atoms with Crippen LogP contribution in [-0.2, 0) is 14.3 Å². The van der Waals surface area contributed by atoms with Gasteiger partial charge in [-0.25, -0.2) is 0 Å². The molecule has 0 spiro atoms. The quantitative estimate of drug-likeness (QED) is 0.669. The van der Waals surface area contributed by atoms with E-state index in [1.54, 1.807) is 14.1 Å². The third kappa shape index (κ3) is 7.12. The number of nitrogens with one attached hydrogen (secondary N) is 2. The lowest BCUT2D eigenvalue weighted by Gasteiger charge is -2.22. The minimum absolute atomic E-state index is 0.0197. The lowest BCUT2D eigenvalue weighted by Crippen LogP contribution is -2.34. The molecule has 0 radical (unpaired) electrons. The molecule has 1 rings (SSSR count). The standard InChI is InChI=1S/C13H25N3O3/c1-16(2)13(18)5-9-15-12(17)6-10-19-11-3-7-14-8-4-11/h11,14H,3-10H2,1-2H3,(H,15,17). The summed E-state index contributed by atoms with van der Waals surface area (Å²) >= 11 is 0. The fraction of sp³-hybridized carbons (Fsp3) is 0.846. The molecule has 0 aliphatic carbocycles. The lowest BCUT2D eigenvalue weighted by atomic mass is 10.1. The predicted molar refractivity (Wildman–Crippen MR) is 72.8 cm³/mol. The van der Waals surface area contributed by atoms with E-state index in [-0.39, 0.29) is 17.9 Å². The molecule has 1 fully saturated rings. The number of piperidine rings is 1. The summed E-state index contributed by atoms with van der Waals surface area (Å²) in [5, 5.41) is 5.99. The van der Waals surface area contributed by atoms with Crippen LogP contribution in [0, 0.1) is 0 Å². The average Bonchev–Trinajstić information content (AvgIpc) is 2.39. The topological polar surface area (TPSA) is 70.7 Å². The van der Waals surface area contributed by atoms with Gasteiger partial charge in [-0.1, -0.05) is 0 Å². The molecule has 6 heteroatoms. The Bertz CT molecular complexity index is 289. The van der Waals surface area contributed by atoms with E-state index in [0.717, 1.165) is 25.9 Å². The third-order valence-electron chi connectivity index (χ3n) is 3.13. The molecule has 0 aromatic heterocycles. The van der Waals surface area contributed by atoms with E-state index in [4.69, 9.17) is 4.74 Å². The van der Waals surface area contributed by atoms with Crippen molar-refractivity contribution in [3.63, 3.8) is 0 Å². The fourth-order valence-corrected chi connectivity index (χ4v) is 1.90. The predicted octanol–water partition coefficient (Wildman–Crippen LogP) is -0.260. The van der Waals surface area contributed by atoms with Crippen LogP contribution >= 0.6 is 0 Å². The molecule has 0 bridgehead atoms. The van der Waals surface area contributed by atoms with Crippen LogP contribution < -0.4 is 10.6 Å². The number of hydrogen-bond donors (Lipinski definition) is 2. The van der Waals surface area contributed by atoms with Crippen LogP contribution in [-0.4, -0.2) is 63.2 Å². The molecule has 0 aromatic carbocycles. The molecule has 6 nitrogen and oxygen atoms in total. The van der Waals surface area contributed by atoms with Gasteiger partial charge in [-0.15, -0.1) is 0 Å². The zero-order valence-corrected chi connectivity index (χ0v) is 11.9. The smallest absolute Gasteiger partial charge is 0.223 e. The third-order valence-corrected chi connectivity index (χ3v) is 3.13. The Morgan fingerprint density at radius 1 is 1.26 bits per heavy atom. The summed E-state index contributed by atoms with van der Waals surface area (Å²) in [5.41, 5.74) is 0. The Kier molecular flexibility index (Phi) is 7.43. The zero-order valence-electron chi connectivity index (χ0n) is 11.9. The summed E-state index contributed by atoms with van der Waals surface area (Å²) in [6.45, 7) is 2.83. The highest BCUT2D eigenvalue weighted by atomic mass is 16.5. The SMILES string of the molecule is CN(C)C(=O)CCNC(=O)CCOC1CCNCC1. The van der Waals surface area contributed by atoms with Crippen LogP contribution in [0.1, 0.15) is 25.7 Å². The van der Waals surface area contributed by atoms with E-state index < -0.39 is 0 Å². The van der Waals surface area contributed by atoms with Crippen LogP contribution in [0.2, 0.25) is 0 Å². The Balaban J connectivity index is 2.00. The molecule has 0 unspecified atom stereocenters. The largest absolute Gasteiger partial charge is 0.378 e. The van der Waals surface area contributed by atoms with Gasteiger partial charge in [0, 0.05) is 33.5 Å². The van der Waals surface area contributed by atoms with Crippen LogP contribution in [0.15, 0.2) is 0 Å². The minimum Gasteiger partial charge on any atom is -0.378 e. The number of rotatable bonds is 7. The maximum atomic E-state index is 11.5. The van der Waals surface area contributed by atoms with Gasteiger partial charge in [-0.3, -0.25) is 9.59 Å². The first kappa shape index (κ1) is 15.9. The highest BCUT2D eigenvalue weighted by Crippen LogP contribution is 2.07. The molecular formula is C13H25N3O3. The molecule has 1 aliphatic heterocycles. The number of nitrogens with zero attached hydrogens (tertiary/aromatic N) is 1. The number of carbonyl (C=O) groups is 2. The van der Waals surface area contributed by atoms with Gasteiger partial charge in [-0.05, 0) is 25.9 Å². The molecule has 2 N–H and O–H groups in total.